The minimum Gasteiger partial charge on any atom is -0.433 e. The van der Waals surface area contributed by atoms with Crippen LogP contribution in [-0.4, -0.2) is 30.8 Å². The second kappa shape index (κ2) is 5.83. The Kier molecular flexibility index (Phi) is 4.36. The third-order valence-corrected chi connectivity index (χ3v) is 3.39. The predicted molar refractivity (Wildman–Crippen MR) is 68.3 cm³/mol. The van der Waals surface area contributed by atoms with E-state index in [1.807, 2.05) is 0 Å². The summed E-state index contributed by atoms with van der Waals surface area (Å²) in [5, 5.41) is 9.07. The van der Waals surface area contributed by atoms with Crippen molar-refractivity contribution in [2.24, 2.45) is 5.92 Å². The molecule has 0 radical (unpaired) electrons. The van der Waals surface area contributed by atoms with E-state index < -0.39 is 6.61 Å². The van der Waals surface area contributed by atoms with Crippen LogP contribution in [0.1, 0.15) is 6.42 Å². The number of alkyl halides is 2. The highest BCUT2D eigenvalue weighted by Gasteiger charge is 2.32. The first-order valence-corrected chi connectivity index (χ1v) is 6.46. The number of rotatable bonds is 4. The quantitative estimate of drug-likeness (QED) is 0.919. The SMILES string of the molecule is O=C1CC(CO)CN1c1ccc(Br)cc1OC(F)F. The number of amides is 1. The minimum absolute atomic E-state index is 0.0590. The van der Waals surface area contributed by atoms with E-state index in [-0.39, 0.29) is 30.6 Å². The van der Waals surface area contributed by atoms with Gasteiger partial charge in [-0.05, 0) is 18.2 Å². The Bertz CT molecular complexity index is 484. The molecule has 0 bridgehead atoms. The van der Waals surface area contributed by atoms with E-state index in [0.717, 1.165) is 0 Å². The molecular weight excluding hydrogens is 324 g/mol. The van der Waals surface area contributed by atoms with E-state index >= 15 is 0 Å². The molecule has 0 spiro atoms. The molecule has 1 aliphatic heterocycles. The molecule has 1 aliphatic rings. The van der Waals surface area contributed by atoms with E-state index in [1.54, 1.807) is 12.1 Å². The van der Waals surface area contributed by atoms with E-state index in [9.17, 15) is 13.6 Å². The lowest BCUT2D eigenvalue weighted by atomic mass is 10.1. The van der Waals surface area contributed by atoms with Crippen molar-refractivity contribution < 1.29 is 23.4 Å². The molecule has 0 saturated carbocycles. The number of halogens is 3. The summed E-state index contributed by atoms with van der Waals surface area (Å²) >= 11 is 3.17. The van der Waals surface area contributed by atoms with E-state index in [2.05, 4.69) is 20.7 Å². The van der Waals surface area contributed by atoms with Crippen LogP contribution in [0.3, 0.4) is 0 Å². The van der Waals surface area contributed by atoms with Crippen LogP contribution in [0.15, 0.2) is 22.7 Å². The number of anilines is 1. The number of aliphatic hydroxyl groups is 1. The lowest BCUT2D eigenvalue weighted by Gasteiger charge is -2.20. The lowest BCUT2D eigenvalue weighted by Crippen LogP contribution is -2.25. The Morgan fingerprint density at radius 1 is 1.53 bits per heavy atom. The van der Waals surface area contributed by atoms with E-state index in [1.165, 1.54) is 11.0 Å². The second-order valence-electron chi connectivity index (χ2n) is 4.25. The molecule has 1 aromatic carbocycles. The van der Waals surface area contributed by atoms with Crippen molar-refractivity contribution in [1.82, 2.24) is 0 Å². The lowest BCUT2D eigenvalue weighted by molar-refractivity contribution is -0.117. The van der Waals surface area contributed by atoms with Gasteiger partial charge in [0.15, 0.2) is 5.75 Å². The zero-order chi connectivity index (χ0) is 14.0. The third kappa shape index (κ3) is 3.22. The fourth-order valence-electron chi connectivity index (χ4n) is 2.04. The summed E-state index contributed by atoms with van der Waals surface area (Å²) in [5.41, 5.74) is 0.296. The van der Waals surface area contributed by atoms with Crippen LogP contribution in [0, 0.1) is 5.92 Å². The first kappa shape index (κ1) is 14.2. The first-order chi connectivity index (χ1) is 9.01. The molecule has 1 fully saturated rings. The molecule has 2 rings (SSSR count). The van der Waals surface area contributed by atoms with Gasteiger partial charge in [-0.2, -0.15) is 8.78 Å². The van der Waals surface area contributed by atoms with Crippen molar-refractivity contribution in [2.75, 3.05) is 18.1 Å². The third-order valence-electron chi connectivity index (χ3n) is 2.89. The zero-order valence-electron chi connectivity index (χ0n) is 9.85. The van der Waals surface area contributed by atoms with Crippen molar-refractivity contribution >= 4 is 27.5 Å². The van der Waals surface area contributed by atoms with Crippen LogP contribution >= 0.6 is 15.9 Å². The maximum Gasteiger partial charge on any atom is 0.387 e. The standard InChI is InChI=1S/C12H12BrF2NO3/c13-8-1-2-9(10(4-8)19-12(14)15)16-5-7(6-17)3-11(16)18/h1-2,4,7,12,17H,3,5-6H2. The predicted octanol–water partition coefficient (Wildman–Crippen LogP) is 2.40. The summed E-state index contributed by atoms with van der Waals surface area (Å²) in [7, 11) is 0. The van der Waals surface area contributed by atoms with Gasteiger partial charge < -0.3 is 14.7 Å². The highest BCUT2D eigenvalue weighted by molar-refractivity contribution is 9.10. The summed E-state index contributed by atoms with van der Waals surface area (Å²) in [6.07, 6.45) is 0.209. The number of carbonyl (C=O) groups excluding carboxylic acids is 1. The van der Waals surface area contributed by atoms with Gasteiger partial charge >= 0.3 is 6.61 Å². The van der Waals surface area contributed by atoms with Crippen molar-refractivity contribution in [3.63, 3.8) is 0 Å². The van der Waals surface area contributed by atoms with Crippen molar-refractivity contribution in [3.05, 3.63) is 22.7 Å². The largest absolute Gasteiger partial charge is 0.433 e. The number of carbonyl (C=O) groups is 1. The normalized spacial score (nSPS) is 19.3. The highest BCUT2D eigenvalue weighted by Crippen LogP contribution is 2.36. The van der Waals surface area contributed by atoms with Crippen LogP contribution in [0.5, 0.6) is 5.75 Å². The number of nitrogens with zero attached hydrogens (tertiary/aromatic N) is 1. The molecule has 1 aromatic rings. The Balaban J connectivity index is 2.31. The van der Waals surface area contributed by atoms with Crippen LogP contribution in [0.25, 0.3) is 0 Å². The van der Waals surface area contributed by atoms with Crippen LogP contribution in [0.4, 0.5) is 14.5 Å². The Morgan fingerprint density at radius 3 is 2.84 bits per heavy atom. The van der Waals surface area contributed by atoms with Gasteiger partial charge in [0.05, 0.1) is 5.69 Å². The summed E-state index contributed by atoms with van der Waals surface area (Å²) in [4.78, 5) is 13.2. The Morgan fingerprint density at radius 2 is 2.26 bits per heavy atom. The number of ether oxygens (including phenoxy) is 1. The van der Waals surface area contributed by atoms with Crippen LogP contribution in [-0.2, 0) is 4.79 Å². The van der Waals surface area contributed by atoms with Gasteiger partial charge in [-0.1, -0.05) is 15.9 Å². The summed E-state index contributed by atoms with van der Waals surface area (Å²) in [5.74, 6) is -0.438. The topological polar surface area (TPSA) is 49.8 Å². The molecule has 104 valence electrons. The summed E-state index contributed by atoms with van der Waals surface area (Å²) in [6.45, 7) is -2.76. The highest BCUT2D eigenvalue weighted by atomic mass is 79.9. The maximum absolute atomic E-state index is 12.4. The van der Waals surface area contributed by atoms with Gasteiger partial charge in [-0.15, -0.1) is 0 Å². The molecule has 1 amide bonds. The number of hydrogen-bond donors (Lipinski definition) is 1. The van der Waals surface area contributed by atoms with E-state index in [4.69, 9.17) is 5.11 Å². The molecule has 1 N–H and O–H groups in total. The fraction of sp³-hybridized carbons (Fsp3) is 0.417. The number of benzene rings is 1. The molecule has 1 saturated heterocycles. The number of hydrogen-bond acceptors (Lipinski definition) is 3. The average Bonchev–Trinajstić information content (AvgIpc) is 2.70. The van der Waals surface area contributed by atoms with Gasteiger partial charge in [0.1, 0.15) is 0 Å². The summed E-state index contributed by atoms with van der Waals surface area (Å²) < 4.78 is 29.8. The molecule has 1 atom stereocenters. The fourth-order valence-corrected chi connectivity index (χ4v) is 2.38. The zero-order valence-corrected chi connectivity index (χ0v) is 11.4. The minimum atomic E-state index is -2.96. The van der Waals surface area contributed by atoms with Gasteiger partial charge in [-0.25, -0.2) is 0 Å². The van der Waals surface area contributed by atoms with Crippen molar-refractivity contribution in [1.29, 1.82) is 0 Å². The molecule has 7 heteroatoms. The average molecular weight is 336 g/mol. The molecule has 19 heavy (non-hydrogen) atoms. The smallest absolute Gasteiger partial charge is 0.387 e. The Hall–Kier alpha value is -1.21. The molecule has 4 nitrogen and oxygen atoms in total. The van der Waals surface area contributed by atoms with E-state index in [0.29, 0.717) is 16.7 Å². The second-order valence-corrected chi connectivity index (χ2v) is 5.16. The molecule has 1 unspecified atom stereocenters. The molecule has 1 heterocycles. The van der Waals surface area contributed by atoms with Crippen LogP contribution < -0.4 is 9.64 Å². The van der Waals surface area contributed by atoms with Gasteiger partial charge in [0, 0.05) is 30.0 Å². The number of aliphatic hydroxyl groups excluding tert-OH is 1. The van der Waals surface area contributed by atoms with Gasteiger partial charge in [0.25, 0.3) is 0 Å². The van der Waals surface area contributed by atoms with Crippen molar-refractivity contribution in [3.8, 4) is 5.75 Å². The molecular formula is C12H12BrF2NO3. The summed E-state index contributed by atoms with van der Waals surface area (Å²) in [6, 6.07) is 4.58. The monoisotopic (exact) mass is 335 g/mol. The Labute approximate surface area is 117 Å². The maximum atomic E-state index is 12.4. The molecule has 0 aliphatic carbocycles. The van der Waals surface area contributed by atoms with Crippen LogP contribution in [0.2, 0.25) is 0 Å². The van der Waals surface area contributed by atoms with Gasteiger partial charge in [-0.3, -0.25) is 4.79 Å². The first-order valence-electron chi connectivity index (χ1n) is 5.67. The van der Waals surface area contributed by atoms with Gasteiger partial charge in [0.2, 0.25) is 5.91 Å². The molecule has 0 aromatic heterocycles. The van der Waals surface area contributed by atoms with Crippen molar-refractivity contribution in [2.45, 2.75) is 13.0 Å².